The van der Waals surface area contributed by atoms with E-state index in [0.29, 0.717) is 4.99 Å². The Morgan fingerprint density at radius 3 is 2.40 bits per heavy atom. The van der Waals surface area contributed by atoms with Gasteiger partial charge in [-0.15, -0.1) is 0 Å². The summed E-state index contributed by atoms with van der Waals surface area (Å²) in [6.07, 6.45) is 0. The van der Waals surface area contributed by atoms with Crippen molar-refractivity contribution in [1.82, 2.24) is 4.98 Å². The van der Waals surface area contributed by atoms with Crippen LogP contribution in [0.25, 0.3) is 0 Å². The molecule has 54 valence electrons. The van der Waals surface area contributed by atoms with Gasteiger partial charge in [-0.1, -0.05) is 12.2 Å². The number of aryl methyl sites for hydroxylation is 2. The number of H-pyrrole nitrogens is 1. The van der Waals surface area contributed by atoms with Crippen molar-refractivity contribution in [3.63, 3.8) is 0 Å². The molecule has 0 radical (unpaired) electrons. The smallest absolute Gasteiger partial charge is 0.105 e. The third-order valence-electron chi connectivity index (χ3n) is 1.41. The van der Waals surface area contributed by atoms with Crippen LogP contribution in [0.3, 0.4) is 0 Å². The second kappa shape index (κ2) is 2.42. The zero-order valence-electron chi connectivity index (χ0n) is 6.06. The maximum Gasteiger partial charge on any atom is 0.105 e. The zero-order valence-corrected chi connectivity index (χ0v) is 6.88. The van der Waals surface area contributed by atoms with Crippen molar-refractivity contribution in [1.29, 1.82) is 0 Å². The van der Waals surface area contributed by atoms with Crippen LogP contribution in [0.2, 0.25) is 0 Å². The number of thiocarbonyl (C=S) groups is 1. The Hall–Kier alpha value is -0.830. The van der Waals surface area contributed by atoms with E-state index < -0.39 is 0 Å². The quantitative estimate of drug-likeness (QED) is 0.598. The van der Waals surface area contributed by atoms with E-state index in [1.165, 1.54) is 0 Å². The van der Waals surface area contributed by atoms with Crippen molar-refractivity contribution >= 4 is 17.2 Å². The van der Waals surface area contributed by atoms with Crippen LogP contribution in [0.5, 0.6) is 0 Å². The molecule has 0 aliphatic carbocycles. The van der Waals surface area contributed by atoms with E-state index in [2.05, 4.69) is 4.98 Å². The Kier molecular flexibility index (Phi) is 1.76. The van der Waals surface area contributed by atoms with Crippen molar-refractivity contribution in [3.05, 3.63) is 23.0 Å². The van der Waals surface area contributed by atoms with Crippen molar-refractivity contribution in [3.8, 4) is 0 Å². The van der Waals surface area contributed by atoms with Crippen LogP contribution >= 0.6 is 12.2 Å². The molecule has 0 saturated carbocycles. The summed E-state index contributed by atoms with van der Waals surface area (Å²) in [6.45, 7) is 3.94. The van der Waals surface area contributed by atoms with E-state index in [0.717, 1.165) is 17.0 Å². The Morgan fingerprint density at radius 1 is 1.60 bits per heavy atom. The van der Waals surface area contributed by atoms with Crippen LogP contribution in [0.4, 0.5) is 0 Å². The van der Waals surface area contributed by atoms with E-state index >= 15 is 0 Å². The van der Waals surface area contributed by atoms with Gasteiger partial charge in [-0.25, -0.2) is 0 Å². The minimum Gasteiger partial charge on any atom is -0.389 e. The minimum absolute atomic E-state index is 0.460. The summed E-state index contributed by atoms with van der Waals surface area (Å²) >= 11 is 4.82. The first kappa shape index (κ1) is 7.28. The van der Waals surface area contributed by atoms with Crippen molar-refractivity contribution in [2.75, 3.05) is 0 Å². The standard InChI is InChI=1S/C7H10N2S/c1-4-3-6(7(8)10)5(2)9-4/h3,9H,1-2H3,(H2,8,10). The molecule has 10 heavy (non-hydrogen) atoms. The van der Waals surface area contributed by atoms with Crippen LogP contribution in [0, 0.1) is 13.8 Å². The molecule has 0 unspecified atom stereocenters. The maximum atomic E-state index is 5.44. The summed E-state index contributed by atoms with van der Waals surface area (Å²) in [7, 11) is 0. The molecule has 0 bridgehead atoms. The maximum absolute atomic E-state index is 5.44. The summed E-state index contributed by atoms with van der Waals surface area (Å²) < 4.78 is 0. The molecule has 0 atom stereocenters. The van der Waals surface area contributed by atoms with Crippen LogP contribution < -0.4 is 5.73 Å². The number of nitrogens with one attached hydrogen (secondary N) is 1. The molecule has 0 aliphatic rings. The lowest BCUT2D eigenvalue weighted by Gasteiger charge is -1.91. The first-order chi connectivity index (χ1) is 4.61. The zero-order chi connectivity index (χ0) is 7.72. The van der Waals surface area contributed by atoms with Gasteiger partial charge in [-0.2, -0.15) is 0 Å². The number of hydrogen-bond donors (Lipinski definition) is 2. The predicted molar refractivity (Wildman–Crippen MR) is 46.2 cm³/mol. The number of aromatic nitrogens is 1. The molecular weight excluding hydrogens is 144 g/mol. The normalized spacial score (nSPS) is 9.80. The molecule has 0 amide bonds. The average molecular weight is 154 g/mol. The minimum atomic E-state index is 0.460. The fourth-order valence-electron chi connectivity index (χ4n) is 0.980. The number of hydrogen-bond acceptors (Lipinski definition) is 1. The Labute approximate surface area is 65.4 Å². The highest BCUT2D eigenvalue weighted by Crippen LogP contribution is 2.07. The molecule has 2 nitrogen and oxygen atoms in total. The third-order valence-corrected chi connectivity index (χ3v) is 1.63. The van der Waals surface area contributed by atoms with E-state index in [-0.39, 0.29) is 0 Å². The third kappa shape index (κ3) is 1.19. The summed E-state index contributed by atoms with van der Waals surface area (Å²) in [4.78, 5) is 3.58. The van der Waals surface area contributed by atoms with Crippen LogP contribution in [-0.4, -0.2) is 9.97 Å². The van der Waals surface area contributed by atoms with Gasteiger partial charge in [0, 0.05) is 17.0 Å². The van der Waals surface area contributed by atoms with E-state index in [9.17, 15) is 0 Å². The first-order valence-electron chi connectivity index (χ1n) is 3.07. The lowest BCUT2D eigenvalue weighted by atomic mass is 10.2. The van der Waals surface area contributed by atoms with E-state index in [1.807, 2.05) is 19.9 Å². The van der Waals surface area contributed by atoms with E-state index in [1.54, 1.807) is 0 Å². The SMILES string of the molecule is Cc1cc(C(N)=S)c(C)[nH]1. The molecule has 1 rings (SSSR count). The molecule has 0 aromatic carbocycles. The van der Waals surface area contributed by atoms with Gasteiger partial charge in [-0.05, 0) is 19.9 Å². The largest absolute Gasteiger partial charge is 0.389 e. The second-order valence-electron chi connectivity index (χ2n) is 2.36. The Bertz CT molecular complexity index is 263. The molecule has 0 fully saturated rings. The number of rotatable bonds is 1. The van der Waals surface area contributed by atoms with E-state index in [4.69, 9.17) is 18.0 Å². The van der Waals surface area contributed by atoms with Gasteiger partial charge in [0.1, 0.15) is 4.99 Å². The first-order valence-corrected chi connectivity index (χ1v) is 3.48. The molecule has 0 aliphatic heterocycles. The van der Waals surface area contributed by atoms with Crippen molar-refractivity contribution in [2.45, 2.75) is 13.8 Å². The fraction of sp³-hybridized carbons (Fsp3) is 0.286. The van der Waals surface area contributed by atoms with Gasteiger partial charge < -0.3 is 10.7 Å². The summed E-state index contributed by atoms with van der Waals surface area (Å²) in [6, 6.07) is 1.96. The van der Waals surface area contributed by atoms with Gasteiger partial charge in [-0.3, -0.25) is 0 Å². The Morgan fingerprint density at radius 2 is 2.20 bits per heavy atom. The van der Waals surface area contributed by atoms with Gasteiger partial charge in [0.05, 0.1) is 0 Å². The molecular formula is C7H10N2S. The predicted octanol–water partition coefficient (Wildman–Crippen LogP) is 1.27. The van der Waals surface area contributed by atoms with Crippen LogP contribution in [0.15, 0.2) is 6.07 Å². The molecule has 0 saturated heterocycles. The highest BCUT2D eigenvalue weighted by Gasteiger charge is 2.02. The molecule has 3 N–H and O–H groups in total. The molecule has 0 spiro atoms. The molecule has 1 heterocycles. The molecule has 1 aromatic heterocycles. The average Bonchev–Trinajstić information content (AvgIpc) is 2.10. The molecule has 1 aromatic rings. The second-order valence-corrected chi connectivity index (χ2v) is 2.80. The van der Waals surface area contributed by atoms with Crippen molar-refractivity contribution < 1.29 is 0 Å². The van der Waals surface area contributed by atoms with Crippen LogP contribution in [-0.2, 0) is 0 Å². The molecule has 3 heteroatoms. The lowest BCUT2D eigenvalue weighted by molar-refractivity contribution is 1.19. The monoisotopic (exact) mass is 154 g/mol. The topological polar surface area (TPSA) is 41.8 Å². The van der Waals surface area contributed by atoms with Gasteiger partial charge in [0.15, 0.2) is 0 Å². The van der Waals surface area contributed by atoms with Crippen LogP contribution in [0.1, 0.15) is 17.0 Å². The Balaban J connectivity index is 3.15. The summed E-state index contributed by atoms with van der Waals surface area (Å²) in [5.41, 5.74) is 8.53. The highest BCUT2D eigenvalue weighted by atomic mass is 32.1. The van der Waals surface area contributed by atoms with Gasteiger partial charge in [0.25, 0.3) is 0 Å². The lowest BCUT2D eigenvalue weighted by Crippen LogP contribution is -2.09. The fourth-order valence-corrected chi connectivity index (χ4v) is 1.19. The number of nitrogens with two attached hydrogens (primary N) is 1. The highest BCUT2D eigenvalue weighted by molar-refractivity contribution is 7.80. The van der Waals surface area contributed by atoms with Gasteiger partial charge >= 0.3 is 0 Å². The number of aromatic amines is 1. The van der Waals surface area contributed by atoms with Gasteiger partial charge in [0.2, 0.25) is 0 Å². The summed E-state index contributed by atoms with van der Waals surface area (Å²) in [5.74, 6) is 0. The van der Waals surface area contributed by atoms with Crippen molar-refractivity contribution in [2.24, 2.45) is 5.73 Å². The summed E-state index contributed by atoms with van der Waals surface area (Å²) in [5, 5.41) is 0.